The van der Waals surface area contributed by atoms with Crippen LogP contribution < -0.4 is 5.73 Å². The number of nitrogens with zero attached hydrogens (tertiary/aromatic N) is 1. The van der Waals surface area contributed by atoms with Crippen molar-refractivity contribution >= 4 is 27.5 Å². The third-order valence-corrected chi connectivity index (χ3v) is 4.11. The van der Waals surface area contributed by atoms with Gasteiger partial charge in [0.15, 0.2) is 0 Å². The summed E-state index contributed by atoms with van der Waals surface area (Å²) in [6, 6.07) is 6.19. The zero-order valence-electron chi connectivity index (χ0n) is 12.9. The molecule has 2 nitrogen and oxygen atoms in total. The topological polar surface area (TPSA) is 29.3 Å². The molecule has 0 fully saturated rings. The second kappa shape index (κ2) is 8.38. The van der Waals surface area contributed by atoms with E-state index in [2.05, 4.69) is 54.6 Å². The van der Waals surface area contributed by atoms with Gasteiger partial charge in [-0.2, -0.15) is 0 Å². The Morgan fingerprint density at radius 2 is 1.70 bits per heavy atom. The molecule has 0 aliphatic carbocycles. The van der Waals surface area contributed by atoms with E-state index in [9.17, 15) is 0 Å². The van der Waals surface area contributed by atoms with E-state index in [1.165, 1.54) is 5.56 Å². The Kier molecular flexibility index (Phi) is 7.52. The quantitative estimate of drug-likeness (QED) is 0.761. The summed E-state index contributed by atoms with van der Waals surface area (Å²) >= 11 is 9.66. The molecule has 1 aromatic carbocycles. The highest BCUT2D eigenvalue weighted by atomic mass is 79.9. The summed E-state index contributed by atoms with van der Waals surface area (Å²) in [6.45, 7) is 11.7. The minimum Gasteiger partial charge on any atom is -0.329 e. The van der Waals surface area contributed by atoms with Crippen LogP contribution in [0.15, 0.2) is 22.7 Å². The van der Waals surface area contributed by atoms with Gasteiger partial charge in [-0.25, -0.2) is 0 Å². The first-order valence-electron chi connectivity index (χ1n) is 7.24. The zero-order valence-corrected chi connectivity index (χ0v) is 15.2. The van der Waals surface area contributed by atoms with Gasteiger partial charge in [0.1, 0.15) is 0 Å². The maximum Gasteiger partial charge on any atom is 0.0481 e. The molecule has 114 valence electrons. The number of benzene rings is 1. The van der Waals surface area contributed by atoms with Gasteiger partial charge in [0.2, 0.25) is 0 Å². The third-order valence-electron chi connectivity index (χ3n) is 3.18. The molecule has 0 saturated heterocycles. The van der Waals surface area contributed by atoms with Gasteiger partial charge in [-0.1, -0.05) is 61.3 Å². The monoisotopic (exact) mass is 360 g/mol. The summed E-state index contributed by atoms with van der Waals surface area (Å²) in [7, 11) is 0. The molecule has 0 amide bonds. The molecular weight excluding hydrogens is 336 g/mol. The molecule has 0 bridgehead atoms. The highest BCUT2D eigenvalue weighted by Gasteiger charge is 2.22. The van der Waals surface area contributed by atoms with Crippen LogP contribution in [0.3, 0.4) is 0 Å². The molecule has 1 atom stereocenters. The lowest BCUT2D eigenvalue weighted by Gasteiger charge is -2.34. The smallest absolute Gasteiger partial charge is 0.0481 e. The molecule has 0 heterocycles. The van der Waals surface area contributed by atoms with Gasteiger partial charge in [0.25, 0.3) is 0 Å². The Bertz CT molecular complexity index is 411. The van der Waals surface area contributed by atoms with Gasteiger partial charge in [0, 0.05) is 35.2 Å². The third kappa shape index (κ3) is 5.36. The van der Waals surface area contributed by atoms with Crippen molar-refractivity contribution in [2.24, 2.45) is 17.6 Å². The fourth-order valence-electron chi connectivity index (χ4n) is 2.51. The molecule has 0 saturated carbocycles. The molecule has 0 aliphatic rings. The van der Waals surface area contributed by atoms with Crippen LogP contribution in [0.4, 0.5) is 0 Å². The van der Waals surface area contributed by atoms with Crippen molar-refractivity contribution in [3.63, 3.8) is 0 Å². The van der Waals surface area contributed by atoms with Crippen molar-refractivity contribution in [3.8, 4) is 0 Å². The van der Waals surface area contributed by atoms with Crippen molar-refractivity contribution in [2.75, 3.05) is 19.6 Å². The van der Waals surface area contributed by atoms with E-state index in [4.69, 9.17) is 17.3 Å². The second-order valence-corrected chi connectivity index (χ2v) is 7.45. The summed E-state index contributed by atoms with van der Waals surface area (Å²) in [5.74, 6) is 1.24. The molecule has 1 unspecified atom stereocenters. The lowest BCUT2D eigenvalue weighted by molar-refractivity contribution is 0.159. The van der Waals surface area contributed by atoms with Gasteiger partial charge in [0.05, 0.1) is 0 Å². The average molecular weight is 362 g/mol. The number of hydrogen-bond donors (Lipinski definition) is 1. The minimum absolute atomic E-state index is 0.228. The fourth-order valence-corrected chi connectivity index (χ4v) is 3.46. The summed E-state index contributed by atoms with van der Waals surface area (Å²) in [5, 5.41) is 0.746. The zero-order chi connectivity index (χ0) is 15.3. The first-order chi connectivity index (χ1) is 9.35. The van der Waals surface area contributed by atoms with Crippen molar-refractivity contribution in [1.82, 2.24) is 4.90 Å². The molecule has 1 aromatic rings. The number of halogens is 2. The van der Waals surface area contributed by atoms with E-state index in [0.717, 1.165) is 22.6 Å². The minimum atomic E-state index is 0.228. The van der Waals surface area contributed by atoms with E-state index in [1.807, 2.05) is 12.1 Å². The fraction of sp³-hybridized carbons (Fsp3) is 0.625. The van der Waals surface area contributed by atoms with E-state index in [-0.39, 0.29) is 6.04 Å². The van der Waals surface area contributed by atoms with Crippen LogP contribution in [0.5, 0.6) is 0 Å². The van der Waals surface area contributed by atoms with Crippen molar-refractivity contribution in [3.05, 3.63) is 33.3 Å². The lowest BCUT2D eigenvalue weighted by Crippen LogP contribution is -2.38. The first kappa shape index (κ1) is 18.0. The highest BCUT2D eigenvalue weighted by Crippen LogP contribution is 2.30. The summed E-state index contributed by atoms with van der Waals surface area (Å²) in [4.78, 5) is 2.49. The Labute approximate surface area is 136 Å². The van der Waals surface area contributed by atoms with Crippen molar-refractivity contribution in [2.45, 2.75) is 33.7 Å². The predicted octanol–water partition coefficient (Wildman–Crippen LogP) is 4.72. The van der Waals surface area contributed by atoms with Gasteiger partial charge in [-0.15, -0.1) is 0 Å². The van der Waals surface area contributed by atoms with E-state index >= 15 is 0 Å². The number of hydrogen-bond acceptors (Lipinski definition) is 2. The lowest BCUT2D eigenvalue weighted by atomic mass is 10.0. The second-order valence-electron chi connectivity index (χ2n) is 6.16. The molecule has 0 aliphatic heterocycles. The SMILES string of the molecule is CC(C)CN(CC(C)C)C(CN)c1ccc(Cl)cc1Br. The Hall–Kier alpha value is -0.0900. The summed E-state index contributed by atoms with van der Waals surface area (Å²) < 4.78 is 1.04. The molecule has 20 heavy (non-hydrogen) atoms. The van der Waals surface area contributed by atoms with Crippen LogP contribution >= 0.6 is 27.5 Å². The van der Waals surface area contributed by atoms with Gasteiger partial charge >= 0.3 is 0 Å². The van der Waals surface area contributed by atoms with Crippen LogP contribution in [-0.2, 0) is 0 Å². The normalized spacial score (nSPS) is 13.5. The molecule has 0 aromatic heterocycles. The molecule has 0 radical (unpaired) electrons. The van der Waals surface area contributed by atoms with Crippen LogP contribution in [0.2, 0.25) is 5.02 Å². The van der Waals surface area contributed by atoms with Crippen molar-refractivity contribution in [1.29, 1.82) is 0 Å². The summed E-state index contributed by atoms with van der Waals surface area (Å²) in [5.41, 5.74) is 7.29. The van der Waals surface area contributed by atoms with Crippen molar-refractivity contribution < 1.29 is 0 Å². The highest BCUT2D eigenvalue weighted by molar-refractivity contribution is 9.10. The molecule has 2 N–H and O–H groups in total. The Morgan fingerprint density at radius 3 is 2.10 bits per heavy atom. The van der Waals surface area contributed by atoms with E-state index in [1.54, 1.807) is 0 Å². The number of nitrogens with two attached hydrogens (primary N) is 1. The van der Waals surface area contributed by atoms with Gasteiger partial charge in [-0.3, -0.25) is 4.90 Å². The Morgan fingerprint density at radius 1 is 1.15 bits per heavy atom. The van der Waals surface area contributed by atoms with Gasteiger partial charge in [-0.05, 0) is 29.5 Å². The molecule has 1 rings (SSSR count). The van der Waals surface area contributed by atoms with Crippen LogP contribution in [0.25, 0.3) is 0 Å². The van der Waals surface area contributed by atoms with Crippen LogP contribution in [-0.4, -0.2) is 24.5 Å². The maximum absolute atomic E-state index is 6.07. The molecular formula is C16H26BrClN2. The van der Waals surface area contributed by atoms with Crippen LogP contribution in [0, 0.1) is 11.8 Å². The Balaban J connectivity index is 3.04. The summed E-state index contributed by atoms with van der Waals surface area (Å²) in [6.07, 6.45) is 0. The van der Waals surface area contributed by atoms with Gasteiger partial charge < -0.3 is 5.73 Å². The first-order valence-corrected chi connectivity index (χ1v) is 8.41. The maximum atomic E-state index is 6.07. The molecule has 0 spiro atoms. The average Bonchev–Trinajstić information content (AvgIpc) is 2.31. The van der Waals surface area contributed by atoms with E-state index in [0.29, 0.717) is 18.4 Å². The van der Waals surface area contributed by atoms with E-state index < -0.39 is 0 Å². The number of rotatable bonds is 7. The molecule has 4 heteroatoms. The van der Waals surface area contributed by atoms with Crippen LogP contribution in [0.1, 0.15) is 39.3 Å². The largest absolute Gasteiger partial charge is 0.329 e. The standard InChI is InChI=1S/C16H26BrClN2/c1-11(2)9-20(10-12(3)4)16(8-19)14-6-5-13(18)7-15(14)17/h5-7,11-12,16H,8-10,19H2,1-4H3. The predicted molar refractivity (Wildman–Crippen MR) is 92.2 cm³/mol.